The van der Waals surface area contributed by atoms with Gasteiger partial charge in [0.2, 0.25) is 0 Å². The molecule has 0 fully saturated rings. The van der Waals surface area contributed by atoms with Gasteiger partial charge >= 0.3 is 0 Å². The van der Waals surface area contributed by atoms with Crippen LogP contribution in [0.3, 0.4) is 0 Å². The average molecular weight is 190 g/mol. The Labute approximate surface area is 81.1 Å². The Balaban J connectivity index is 2.33. The van der Waals surface area contributed by atoms with Crippen LogP contribution in [-0.2, 0) is 6.54 Å². The van der Waals surface area contributed by atoms with Crippen LogP contribution >= 0.6 is 11.3 Å². The highest BCUT2D eigenvalue weighted by Crippen LogP contribution is 2.22. The quantitative estimate of drug-likeness (QED) is 0.789. The van der Waals surface area contributed by atoms with E-state index in [0.717, 1.165) is 11.3 Å². The first-order valence-corrected chi connectivity index (χ1v) is 4.97. The highest BCUT2D eigenvalue weighted by molar-refractivity contribution is 7.13. The van der Waals surface area contributed by atoms with Crippen LogP contribution in [-0.4, -0.2) is 4.98 Å². The fourth-order valence-electron chi connectivity index (χ4n) is 1.12. The monoisotopic (exact) mass is 190 g/mol. The van der Waals surface area contributed by atoms with E-state index in [9.17, 15) is 0 Å². The molecule has 0 amide bonds. The summed E-state index contributed by atoms with van der Waals surface area (Å²) in [5, 5.41) is 2.05. The van der Waals surface area contributed by atoms with Crippen molar-refractivity contribution in [3.63, 3.8) is 0 Å². The van der Waals surface area contributed by atoms with Crippen LogP contribution in [0.15, 0.2) is 35.8 Å². The molecule has 0 aliphatic heterocycles. The lowest BCUT2D eigenvalue weighted by atomic mass is 10.2. The van der Waals surface area contributed by atoms with Crippen molar-refractivity contribution in [2.75, 3.05) is 0 Å². The number of nitrogens with zero attached hydrogens (tertiary/aromatic N) is 1. The van der Waals surface area contributed by atoms with Gasteiger partial charge in [0, 0.05) is 12.7 Å². The predicted molar refractivity (Wildman–Crippen MR) is 55.4 cm³/mol. The number of nitrogens with two attached hydrogens (primary N) is 1. The van der Waals surface area contributed by atoms with Gasteiger partial charge in [-0.05, 0) is 23.1 Å². The van der Waals surface area contributed by atoms with E-state index in [1.165, 1.54) is 4.88 Å². The van der Waals surface area contributed by atoms with Gasteiger partial charge in [0.05, 0.1) is 10.6 Å². The summed E-state index contributed by atoms with van der Waals surface area (Å²) in [4.78, 5) is 5.52. The molecule has 2 N–H and O–H groups in total. The summed E-state index contributed by atoms with van der Waals surface area (Å²) in [6.07, 6.45) is 1.83. The summed E-state index contributed by atoms with van der Waals surface area (Å²) < 4.78 is 0. The van der Waals surface area contributed by atoms with Crippen LogP contribution in [0.25, 0.3) is 10.6 Å². The minimum Gasteiger partial charge on any atom is -0.326 e. The van der Waals surface area contributed by atoms with Crippen molar-refractivity contribution < 1.29 is 0 Å². The van der Waals surface area contributed by atoms with Crippen molar-refractivity contribution in [1.29, 1.82) is 0 Å². The third kappa shape index (κ3) is 1.76. The average Bonchev–Trinajstić information content (AvgIpc) is 2.71. The van der Waals surface area contributed by atoms with Crippen molar-refractivity contribution in [2.24, 2.45) is 5.73 Å². The summed E-state index contributed by atoms with van der Waals surface area (Å²) >= 11 is 1.70. The van der Waals surface area contributed by atoms with E-state index in [2.05, 4.69) is 11.1 Å². The number of hydrogen-bond acceptors (Lipinski definition) is 3. The lowest BCUT2D eigenvalue weighted by Crippen LogP contribution is -1.96. The zero-order valence-electron chi connectivity index (χ0n) is 7.10. The van der Waals surface area contributed by atoms with E-state index < -0.39 is 0 Å². The standard InChI is InChI=1S/C10H10N2S/c11-6-8-3-4-9(12-7-8)10-2-1-5-13-10/h1-5,7H,6,11H2. The summed E-state index contributed by atoms with van der Waals surface area (Å²) in [6.45, 7) is 0.553. The molecular formula is C10H10N2S. The van der Waals surface area contributed by atoms with Crippen molar-refractivity contribution in [2.45, 2.75) is 6.54 Å². The third-order valence-electron chi connectivity index (χ3n) is 1.83. The lowest BCUT2D eigenvalue weighted by molar-refractivity contribution is 1.05. The summed E-state index contributed by atoms with van der Waals surface area (Å²) in [5.41, 5.74) is 7.57. The first-order chi connectivity index (χ1) is 6.40. The number of thiophene rings is 1. The molecule has 0 saturated carbocycles. The van der Waals surface area contributed by atoms with E-state index in [0.29, 0.717) is 6.54 Å². The van der Waals surface area contributed by atoms with Gasteiger partial charge in [0.15, 0.2) is 0 Å². The van der Waals surface area contributed by atoms with Crippen LogP contribution in [0.5, 0.6) is 0 Å². The summed E-state index contributed by atoms with van der Waals surface area (Å²) in [6, 6.07) is 8.11. The van der Waals surface area contributed by atoms with Crippen LogP contribution < -0.4 is 5.73 Å². The molecule has 2 heterocycles. The lowest BCUT2D eigenvalue weighted by Gasteiger charge is -1.98. The Kier molecular flexibility index (Phi) is 2.38. The Bertz CT molecular complexity index is 364. The fraction of sp³-hybridized carbons (Fsp3) is 0.100. The van der Waals surface area contributed by atoms with Gasteiger partial charge in [0.1, 0.15) is 0 Å². The van der Waals surface area contributed by atoms with Gasteiger partial charge in [-0.3, -0.25) is 4.98 Å². The minimum absolute atomic E-state index is 0.553. The molecule has 3 heteroatoms. The van der Waals surface area contributed by atoms with E-state index in [-0.39, 0.29) is 0 Å². The highest BCUT2D eigenvalue weighted by Gasteiger charge is 1.98. The molecule has 0 atom stereocenters. The van der Waals surface area contributed by atoms with Crippen molar-refractivity contribution in [1.82, 2.24) is 4.98 Å². The maximum Gasteiger partial charge on any atom is 0.0801 e. The zero-order valence-corrected chi connectivity index (χ0v) is 7.92. The Morgan fingerprint density at radius 3 is 2.77 bits per heavy atom. The van der Waals surface area contributed by atoms with Gasteiger partial charge < -0.3 is 5.73 Å². The molecule has 2 aromatic rings. The Morgan fingerprint density at radius 2 is 2.23 bits per heavy atom. The number of aromatic nitrogens is 1. The van der Waals surface area contributed by atoms with Crippen LogP contribution in [0, 0.1) is 0 Å². The molecular weight excluding hydrogens is 180 g/mol. The molecule has 2 rings (SSSR count). The number of rotatable bonds is 2. The molecule has 0 unspecified atom stereocenters. The molecule has 0 saturated heterocycles. The first kappa shape index (κ1) is 8.41. The second-order valence-corrected chi connectivity index (χ2v) is 3.68. The van der Waals surface area contributed by atoms with E-state index >= 15 is 0 Å². The normalized spacial score (nSPS) is 10.2. The first-order valence-electron chi connectivity index (χ1n) is 4.09. The third-order valence-corrected chi connectivity index (χ3v) is 2.73. The topological polar surface area (TPSA) is 38.9 Å². The Hall–Kier alpha value is -1.19. The second kappa shape index (κ2) is 3.68. The largest absolute Gasteiger partial charge is 0.326 e. The summed E-state index contributed by atoms with van der Waals surface area (Å²) in [5.74, 6) is 0. The zero-order chi connectivity index (χ0) is 9.10. The molecule has 2 nitrogen and oxygen atoms in total. The molecule has 0 bridgehead atoms. The van der Waals surface area contributed by atoms with Gasteiger partial charge in [0.25, 0.3) is 0 Å². The molecule has 0 radical (unpaired) electrons. The second-order valence-electron chi connectivity index (χ2n) is 2.73. The maximum atomic E-state index is 5.48. The van der Waals surface area contributed by atoms with Crippen molar-refractivity contribution in [3.05, 3.63) is 41.4 Å². The molecule has 0 aromatic carbocycles. The molecule has 0 aliphatic carbocycles. The fourth-order valence-corrected chi connectivity index (χ4v) is 1.82. The van der Waals surface area contributed by atoms with Gasteiger partial charge in [-0.15, -0.1) is 11.3 Å². The minimum atomic E-state index is 0.553. The van der Waals surface area contributed by atoms with Crippen LogP contribution in [0.2, 0.25) is 0 Å². The van der Waals surface area contributed by atoms with Gasteiger partial charge in [-0.1, -0.05) is 12.1 Å². The molecule has 2 aromatic heterocycles. The number of pyridine rings is 1. The number of hydrogen-bond donors (Lipinski definition) is 1. The summed E-state index contributed by atoms with van der Waals surface area (Å²) in [7, 11) is 0. The van der Waals surface area contributed by atoms with E-state index in [1.54, 1.807) is 11.3 Å². The molecule has 13 heavy (non-hydrogen) atoms. The van der Waals surface area contributed by atoms with Crippen molar-refractivity contribution >= 4 is 11.3 Å². The van der Waals surface area contributed by atoms with Gasteiger partial charge in [-0.2, -0.15) is 0 Å². The predicted octanol–water partition coefficient (Wildman–Crippen LogP) is 2.27. The molecule has 0 aliphatic rings. The van der Waals surface area contributed by atoms with Crippen LogP contribution in [0.1, 0.15) is 5.56 Å². The molecule has 0 spiro atoms. The Morgan fingerprint density at radius 1 is 1.31 bits per heavy atom. The van der Waals surface area contributed by atoms with Crippen molar-refractivity contribution in [3.8, 4) is 10.6 Å². The molecule has 66 valence electrons. The SMILES string of the molecule is NCc1ccc(-c2cccs2)nc1. The van der Waals surface area contributed by atoms with Gasteiger partial charge in [-0.25, -0.2) is 0 Å². The van der Waals surface area contributed by atoms with Crippen LogP contribution in [0.4, 0.5) is 0 Å². The van der Waals surface area contributed by atoms with E-state index in [1.807, 2.05) is 29.8 Å². The maximum absolute atomic E-state index is 5.48. The smallest absolute Gasteiger partial charge is 0.0801 e. The van der Waals surface area contributed by atoms with E-state index in [4.69, 9.17) is 5.73 Å². The highest BCUT2D eigenvalue weighted by atomic mass is 32.1.